The van der Waals surface area contributed by atoms with Gasteiger partial charge in [0.1, 0.15) is 0 Å². The summed E-state index contributed by atoms with van der Waals surface area (Å²) >= 11 is 0. The fraction of sp³-hybridized carbons (Fsp3) is 0.650. The predicted octanol–water partition coefficient (Wildman–Crippen LogP) is 2.94. The van der Waals surface area contributed by atoms with Crippen LogP contribution in [0.4, 0.5) is 0 Å². The molecule has 0 spiro atoms. The Balaban J connectivity index is 1.87. The number of fused-ring (bicyclic) bond motifs is 2. The third kappa shape index (κ3) is 4.29. The van der Waals surface area contributed by atoms with E-state index in [1.807, 2.05) is 30.3 Å². The summed E-state index contributed by atoms with van der Waals surface area (Å²) in [4.78, 5) is 14.8. The Kier molecular flexibility index (Phi) is 6.74. The first-order valence-electron chi connectivity index (χ1n) is 9.89. The fourth-order valence-corrected chi connectivity index (χ4v) is 6.38. The summed E-state index contributed by atoms with van der Waals surface area (Å²) in [6.45, 7) is 2.71. The zero-order valence-electron chi connectivity index (χ0n) is 16.5. The number of carbonyl (C=O) groups is 1. The second-order valence-electron chi connectivity index (χ2n) is 7.54. The summed E-state index contributed by atoms with van der Waals surface area (Å²) in [6, 6.07) is 9.73. The number of hydrogen-bond acceptors (Lipinski definition) is 5. The topological polar surface area (TPSA) is 67.9 Å². The SMILES string of the molecule is CCCCNP(=O)(OC1CC2CCC(C1C(=O)OC)N2C)c1ccccc1. The molecule has 5 unspecified atom stereocenters. The van der Waals surface area contributed by atoms with Crippen molar-refractivity contribution in [3.8, 4) is 0 Å². The number of esters is 1. The summed E-state index contributed by atoms with van der Waals surface area (Å²) in [5.41, 5.74) is 0. The van der Waals surface area contributed by atoms with Crippen LogP contribution >= 0.6 is 7.52 Å². The van der Waals surface area contributed by atoms with Crippen LogP contribution in [0.25, 0.3) is 0 Å². The van der Waals surface area contributed by atoms with Gasteiger partial charge in [-0.15, -0.1) is 0 Å². The van der Waals surface area contributed by atoms with Crippen molar-refractivity contribution in [3.05, 3.63) is 30.3 Å². The highest BCUT2D eigenvalue weighted by molar-refractivity contribution is 7.65. The Labute approximate surface area is 162 Å². The van der Waals surface area contributed by atoms with Crippen molar-refractivity contribution in [2.24, 2.45) is 5.92 Å². The lowest BCUT2D eigenvalue weighted by Crippen LogP contribution is -2.53. The molecule has 2 heterocycles. The molecule has 2 aliphatic heterocycles. The molecule has 2 saturated heterocycles. The molecule has 0 radical (unpaired) electrons. The van der Waals surface area contributed by atoms with Gasteiger partial charge in [-0.25, -0.2) is 5.09 Å². The quantitative estimate of drug-likeness (QED) is 0.415. The lowest BCUT2D eigenvalue weighted by Gasteiger charge is -2.42. The molecule has 1 aromatic rings. The molecule has 6 nitrogen and oxygen atoms in total. The van der Waals surface area contributed by atoms with E-state index in [1.165, 1.54) is 7.11 Å². The molecular formula is C20H31N2O4P. The van der Waals surface area contributed by atoms with Crippen LogP contribution < -0.4 is 10.4 Å². The Bertz CT molecular complexity index is 684. The number of rotatable bonds is 8. The first-order chi connectivity index (χ1) is 13.0. The van der Waals surface area contributed by atoms with E-state index in [4.69, 9.17) is 9.26 Å². The Morgan fingerprint density at radius 2 is 2.04 bits per heavy atom. The van der Waals surface area contributed by atoms with Crippen LogP contribution in [0.2, 0.25) is 0 Å². The van der Waals surface area contributed by atoms with Crippen LogP contribution in [0.1, 0.15) is 39.0 Å². The van der Waals surface area contributed by atoms with Gasteiger partial charge in [0.05, 0.1) is 24.4 Å². The second-order valence-corrected chi connectivity index (χ2v) is 9.69. The zero-order valence-corrected chi connectivity index (χ0v) is 17.4. The summed E-state index contributed by atoms with van der Waals surface area (Å²) < 4.78 is 25.2. The predicted molar refractivity (Wildman–Crippen MR) is 106 cm³/mol. The third-order valence-corrected chi connectivity index (χ3v) is 8.10. The van der Waals surface area contributed by atoms with E-state index in [1.54, 1.807) is 0 Å². The van der Waals surface area contributed by atoms with Gasteiger partial charge in [-0.2, -0.15) is 0 Å². The largest absolute Gasteiger partial charge is 0.469 e. The van der Waals surface area contributed by atoms with Gasteiger partial charge in [0.2, 0.25) is 0 Å². The smallest absolute Gasteiger partial charge is 0.312 e. The highest BCUT2D eigenvalue weighted by atomic mass is 31.2. The van der Waals surface area contributed by atoms with Crippen LogP contribution in [0, 0.1) is 5.92 Å². The van der Waals surface area contributed by atoms with Gasteiger partial charge in [0.25, 0.3) is 7.52 Å². The molecule has 150 valence electrons. The van der Waals surface area contributed by atoms with Gasteiger partial charge in [0.15, 0.2) is 0 Å². The van der Waals surface area contributed by atoms with E-state index in [0.717, 1.165) is 25.7 Å². The minimum absolute atomic E-state index is 0.0843. The number of ether oxygens (including phenoxy) is 1. The maximum Gasteiger partial charge on any atom is 0.312 e. The van der Waals surface area contributed by atoms with Gasteiger partial charge < -0.3 is 9.26 Å². The number of nitrogens with zero attached hydrogens (tertiary/aromatic N) is 1. The maximum atomic E-state index is 13.8. The molecule has 0 saturated carbocycles. The Morgan fingerprint density at radius 3 is 2.70 bits per heavy atom. The minimum Gasteiger partial charge on any atom is -0.469 e. The van der Waals surface area contributed by atoms with E-state index < -0.39 is 19.5 Å². The van der Waals surface area contributed by atoms with Crippen molar-refractivity contribution < 1.29 is 18.6 Å². The van der Waals surface area contributed by atoms with Gasteiger partial charge in [-0.1, -0.05) is 31.5 Å². The molecule has 7 heteroatoms. The number of piperidine rings is 1. The molecule has 2 aliphatic rings. The highest BCUT2D eigenvalue weighted by Gasteiger charge is 2.51. The van der Waals surface area contributed by atoms with Crippen LogP contribution in [0.5, 0.6) is 0 Å². The fourth-order valence-electron chi connectivity index (χ4n) is 4.38. The highest BCUT2D eigenvalue weighted by Crippen LogP contribution is 2.49. The van der Waals surface area contributed by atoms with Crippen molar-refractivity contribution in [3.63, 3.8) is 0 Å². The molecule has 1 N–H and O–H groups in total. The normalized spacial score (nSPS) is 30.0. The average Bonchev–Trinajstić information content (AvgIpc) is 2.91. The van der Waals surface area contributed by atoms with Crippen LogP contribution in [0.3, 0.4) is 0 Å². The van der Waals surface area contributed by atoms with E-state index in [-0.39, 0.29) is 12.0 Å². The number of hydrogen-bond donors (Lipinski definition) is 1. The molecule has 27 heavy (non-hydrogen) atoms. The number of carbonyl (C=O) groups excluding carboxylic acids is 1. The van der Waals surface area contributed by atoms with Gasteiger partial charge in [0, 0.05) is 18.6 Å². The van der Waals surface area contributed by atoms with E-state index in [2.05, 4.69) is 24.0 Å². The second kappa shape index (κ2) is 8.87. The lowest BCUT2D eigenvalue weighted by molar-refractivity contribution is -0.154. The number of nitrogens with one attached hydrogen (secondary N) is 1. The molecule has 2 bridgehead atoms. The van der Waals surface area contributed by atoms with Gasteiger partial charge >= 0.3 is 5.97 Å². The first kappa shape index (κ1) is 20.5. The van der Waals surface area contributed by atoms with Crippen molar-refractivity contribution in [1.82, 2.24) is 9.99 Å². The van der Waals surface area contributed by atoms with E-state index in [9.17, 15) is 9.36 Å². The lowest BCUT2D eigenvalue weighted by atomic mass is 9.88. The molecule has 0 amide bonds. The van der Waals surface area contributed by atoms with E-state index in [0.29, 0.717) is 24.3 Å². The molecule has 2 fully saturated rings. The molecule has 0 aliphatic carbocycles. The van der Waals surface area contributed by atoms with E-state index >= 15 is 0 Å². The summed E-state index contributed by atoms with van der Waals surface area (Å²) in [7, 11) is 0.195. The number of benzene rings is 1. The zero-order chi connectivity index (χ0) is 19.4. The van der Waals surface area contributed by atoms with Crippen LogP contribution in [-0.2, 0) is 18.6 Å². The minimum atomic E-state index is -3.28. The molecule has 3 rings (SSSR count). The summed E-state index contributed by atoms with van der Waals surface area (Å²) in [6.07, 6.45) is 4.18. The monoisotopic (exact) mass is 394 g/mol. The van der Waals surface area contributed by atoms with Crippen LogP contribution in [0.15, 0.2) is 30.3 Å². The summed E-state index contributed by atoms with van der Waals surface area (Å²) in [5, 5.41) is 3.82. The third-order valence-electron chi connectivity index (χ3n) is 5.92. The molecule has 0 aromatic heterocycles. The Hall–Kier alpha value is -1.20. The van der Waals surface area contributed by atoms with Crippen LogP contribution in [-0.4, -0.2) is 49.8 Å². The standard InChI is InChI=1S/C20H31N2O4P/c1-4-5-13-21-27(24,16-9-7-6-8-10-16)26-18-14-15-11-12-17(22(15)2)19(18)20(23)25-3/h6-10,15,17-19H,4-5,11-14H2,1-3H3,(H,21,24). The molecule has 5 atom stereocenters. The van der Waals surface area contributed by atoms with Crippen molar-refractivity contribution >= 4 is 18.8 Å². The van der Waals surface area contributed by atoms with Crippen molar-refractivity contribution in [1.29, 1.82) is 0 Å². The molecular weight excluding hydrogens is 363 g/mol. The van der Waals surface area contributed by atoms with Gasteiger partial charge in [-0.05, 0) is 44.9 Å². The van der Waals surface area contributed by atoms with Crippen molar-refractivity contribution in [2.75, 3.05) is 20.7 Å². The first-order valence-corrected chi connectivity index (χ1v) is 11.5. The number of unbranched alkanes of at least 4 members (excludes halogenated alkanes) is 1. The average molecular weight is 394 g/mol. The van der Waals surface area contributed by atoms with Gasteiger partial charge in [-0.3, -0.25) is 14.3 Å². The maximum absolute atomic E-state index is 13.8. The Morgan fingerprint density at radius 1 is 1.30 bits per heavy atom. The summed E-state index contributed by atoms with van der Waals surface area (Å²) in [5.74, 6) is -0.686. The number of methoxy groups -OCH3 is 1. The molecule has 1 aromatic carbocycles. The van der Waals surface area contributed by atoms with Crippen molar-refractivity contribution in [2.45, 2.75) is 57.2 Å².